The van der Waals surface area contributed by atoms with E-state index >= 15 is 0 Å². The molecule has 0 amide bonds. The Morgan fingerprint density at radius 2 is 1.83 bits per heavy atom. The van der Waals surface area contributed by atoms with Crippen molar-refractivity contribution in [1.29, 1.82) is 0 Å². The van der Waals surface area contributed by atoms with Crippen LogP contribution in [0.4, 0.5) is 0 Å². The second-order valence-corrected chi connectivity index (χ2v) is 6.39. The molecule has 0 unspecified atom stereocenters. The van der Waals surface area contributed by atoms with Crippen LogP contribution in [0.25, 0.3) is 11.5 Å². The lowest BCUT2D eigenvalue weighted by atomic mass is 10.1. The van der Waals surface area contributed by atoms with Gasteiger partial charge in [-0.2, -0.15) is 0 Å². The summed E-state index contributed by atoms with van der Waals surface area (Å²) in [5.74, 6) is 0.343. The Balaban J connectivity index is 1.84. The molecule has 0 fully saturated rings. The number of aryl methyl sites for hydroxylation is 1. The highest BCUT2D eigenvalue weighted by molar-refractivity contribution is 9.10. The zero-order chi connectivity index (χ0) is 16.4. The summed E-state index contributed by atoms with van der Waals surface area (Å²) in [6.07, 6.45) is 0. The molecule has 4 nitrogen and oxygen atoms in total. The smallest absolute Gasteiger partial charge is 0.287 e. The molecule has 0 aliphatic rings. The van der Waals surface area contributed by atoms with Crippen molar-refractivity contribution in [3.63, 3.8) is 0 Å². The molecule has 1 heterocycles. The maximum absolute atomic E-state index is 12.3. The van der Waals surface area contributed by atoms with Gasteiger partial charge in [-0.15, -0.1) is 5.10 Å². The second-order valence-electron chi connectivity index (χ2n) is 5.13. The van der Waals surface area contributed by atoms with E-state index in [4.69, 9.17) is 16.6 Å². The third-order valence-electron chi connectivity index (χ3n) is 3.36. The van der Waals surface area contributed by atoms with E-state index in [1.807, 2.05) is 43.3 Å². The van der Waals surface area contributed by atoms with Crippen molar-refractivity contribution < 1.29 is 9.21 Å². The molecule has 0 spiro atoms. The van der Waals surface area contributed by atoms with E-state index in [2.05, 4.69) is 21.0 Å². The number of hydrogen-bond acceptors (Lipinski definition) is 4. The predicted octanol–water partition coefficient (Wildman–Crippen LogP) is 4.83. The third-order valence-corrected chi connectivity index (χ3v) is 4.19. The molecule has 0 bridgehead atoms. The van der Waals surface area contributed by atoms with E-state index < -0.39 is 0 Å². The van der Waals surface area contributed by atoms with Crippen LogP contribution < -0.4 is 0 Å². The molecule has 1 aromatic heterocycles. The summed E-state index contributed by atoms with van der Waals surface area (Å²) < 4.78 is 7.84. The van der Waals surface area contributed by atoms with E-state index in [1.54, 1.807) is 12.1 Å². The summed E-state index contributed by atoms with van der Waals surface area (Å²) in [4.78, 5) is 12.5. The maximum Gasteiger partial charge on any atom is 0.287 e. The zero-order valence-electron chi connectivity index (χ0n) is 12.3. The lowest BCUT2D eigenvalue weighted by Gasteiger charge is -2.00. The fourth-order valence-electron chi connectivity index (χ4n) is 2.08. The highest BCUT2D eigenvalue weighted by Gasteiger charge is 2.12. The van der Waals surface area contributed by atoms with Crippen molar-refractivity contribution in [2.24, 2.45) is 0 Å². The van der Waals surface area contributed by atoms with Crippen LogP contribution in [0.2, 0.25) is 0 Å². The van der Waals surface area contributed by atoms with Gasteiger partial charge in [0.15, 0.2) is 5.78 Å². The van der Waals surface area contributed by atoms with Crippen molar-refractivity contribution in [2.45, 2.75) is 13.5 Å². The molecule has 0 saturated heterocycles. The van der Waals surface area contributed by atoms with Crippen LogP contribution in [0, 0.1) is 11.8 Å². The molecular weight excluding hydrogens is 376 g/mol. The van der Waals surface area contributed by atoms with Gasteiger partial charge in [0.2, 0.25) is 5.89 Å². The third kappa shape index (κ3) is 3.65. The van der Waals surface area contributed by atoms with Crippen molar-refractivity contribution in [2.75, 3.05) is 0 Å². The maximum atomic E-state index is 12.3. The number of nitrogens with zero attached hydrogens (tertiary/aromatic N) is 2. The molecule has 0 N–H and O–H groups in total. The van der Waals surface area contributed by atoms with Crippen molar-refractivity contribution in [1.82, 2.24) is 9.78 Å². The van der Waals surface area contributed by atoms with Crippen LogP contribution in [0.1, 0.15) is 15.9 Å². The summed E-state index contributed by atoms with van der Waals surface area (Å²) >= 11 is 8.51. The van der Waals surface area contributed by atoms with Gasteiger partial charge in [-0.3, -0.25) is 4.79 Å². The first-order valence-corrected chi connectivity index (χ1v) is 8.17. The minimum atomic E-state index is -0.0719. The molecule has 0 atom stereocenters. The number of hydrogen-bond donors (Lipinski definition) is 0. The number of ketones is 1. The summed E-state index contributed by atoms with van der Waals surface area (Å²) in [6, 6.07) is 14.9. The van der Waals surface area contributed by atoms with E-state index in [1.165, 1.54) is 4.68 Å². The van der Waals surface area contributed by atoms with Crippen LogP contribution >= 0.6 is 28.1 Å². The lowest BCUT2D eigenvalue weighted by Crippen LogP contribution is -2.11. The van der Waals surface area contributed by atoms with Gasteiger partial charge >= 0.3 is 0 Å². The van der Waals surface area contributed by atoms with Crippen LogP contribution in [-0.2, 0) is 6.54 Å². The average Bonchev–Trinajstić information content (AvgIpc) is 2.89. The number of Topliss-reactive ketones (excluding diaryl/α,β-unsaturated/α-hetero) is 1. The summed E-state index contributed by atoms with van der Waals surface area (Å²) in [5, 5.41) is 4.31. The standard InChI is InChI=1S/C17H13BrN2O2S/c1-11-2-4-13(5-3-11)16-19-20(17(23)22-16)10-15(21)12-6-8-14(18)9-7-12/h2-9H,10H2,1H3. The van der Waals surface area contributed by atoms with E-state index in [0.717, 1.165) is 15.6 Å². The van der Waals surface area contributed by atoms with Crippen molar-refractivity contribution in [3.05, 3.63) is 69.0 Å². The lowest BCUT2D eigenvalue weighted by molar-refractivity contribution is 0.0966. The van der Waals surface area contributed by atoms with Crippen molar-refractivity contribution in [3.8, 4) is 11.5 Å². The fourth-order valence-corrected chi connectivity index (χ4v) is 2.53. The van der Waals surface area contributed by atoms with Gasteiger partial charge < -0.3 is 4.42 Å². The number of aromatic nitrogens is 2. The van der Waals surface area contributed by atoms with E-state index in [-0.39, 0.29) is 17.2 Å². The largest absolute Gasteiger partial charge is 0.409 e. The minimum absolute atomic E-state index is 0.0514. The molecule has 2 aromatic carbocycles. The second kappa shape index (κ2) is 6.60. The highest BCUT2D eigenvalue weighted by atomic mass is 79.9. The average molecular weight is 389 g/mol. The van der Waals surface area contributed by atoms with E-state index in [9.17, 15) is 4.79 Å². The van der Waals surface area contributed by atoms with Crippen LogP contribution in [0.3, 0.4) is 0 Å². The topological polar surface area (TPSA) is 48.0 Å². The van der Waals surface area contributed by atoms with Gasteiger partial charge in [0, 0.05) is 15.6 Å². The molecule has 0 saturated carbocycles. The predicted molar refractivity (Wildman–Crippen MR) is 94.0 cm³/mol. The van der Waals surface area contributed by atoms with Gasteiger partial charge in [-0.1, -0.05) is 45.8 Å². The van der Waals surface area contributed by atoms with Gasteiger partial charge in [0.1, 0.15) is 6.54 Å². The monoisotopic (exact) mass is 388 g/mol. The number of halogens is 1. The SMILES string of the molecule is Cc1ccc(-c2nn(CC(=O)c3ccc(Br)cc3)c(=S)o2)cc1. The Hall–Kier alpha value is -2.05. The Bertz CT molecular complexity index is 896. The minimum Gasteiger partial charge on any atom is -0.409 e. The first-order chi connectivity index (χ1) is 11.0. The number of carbonyl (C=O) groups is 1. The molecular formula is C17H13BrN2O2S. The molecule has 0 aliphatic carbocycles. The Labute approximate surface area is 146 Å². The number of benzene rings is 2. The molecule has 116 valence electrons. The molecule has 6 heteroatoms. The molecule has 3 aromatic rings. The van der Waals surface area contributed by atoms with Gasteiger partial charge in [0.05, 0.1) is 0 Å². The van der Waals surface area contributed by atoms with Gasteiger partial charge in [-0.05, 0) is 43.4 Å². The molecule has 23 heavy (non-hydrogen) atoms. The Morgan fingerprint density at radius 1 is 1.17 bits per heavy atom. The highest BCUT2D eigenvalue weighted by Crippen LogP contribution is 2.19. The zero-order valence-corrected chi connectivity index (χ0v) is 14.7. The summed E-state index contributed by atoms with van der Waals surface area (Å²) in [7, 11) is 0. The first kappa shape index (κ1) is 15.8. The number of carbonyl (C=O) groups excluding carboxylic acids is 1. The molecule has 0 radical (unpaired) electrons. The van der Waals surface area contributed by atoms with Crippen molar-refractivity contribution >= 4 is 33.9 Å². The number of rotatable bonds is 4. The first-order valence-electron chi connectivity index (χ1n) is 6.97. The van der Waals surface area contributed by atoms with E-state index in [0.29, 0.717) is 11.5 Å². The fraction of sp³-hybridized carbons (Fsp3) is 0.118. The van der Waals surface area contributed by atoms with Crippen LogP contribution in [-0.4, -0.2) is 15.6 Å². The Morgan fingerprint density at radius 3 is 2.48 bits per heavy atom. The van der Waals surface area contributed by atoms with Gasteiger partial charge in [-0.25, -0.2) is 4.68 Å². The quantitative estimate of drug-likeness (QED) is 0.474. The summed E-state index contributed by atoms with van der Waals surface area (Å²) in [5.41, 5.74) is 2.59. The van der Waals surface area contributed by atoms with Crippen LogP contribution in [0.5, 0.6) is 0 Å². The van der Waals surface area contributed by atoms with Crippen LogP contribution in [0.15, 0.2) is 57.4 Å². The van der Waals surface area contributed by atoms with Gasteiger partial charge in [0.25, 0.3) is 4.84 Å². The normalized spacial score (nSPS) is 10.7. The summed E-state index contributed by atoms with van der Waals surface area (Å²) in [6.45, 7) is 2.06. The Kier molecular flexibility index (Phi) is 4.54. The molecule has 3 rings (SSSR count). The molecule has 0 aliphatic heterocycles.